The zero-order valence-corrected chi connectivity index (χ0v) is 13.3. The van der Waals surface area contributed by atoms with E-state index in [0.717, 1.165) is 11.1 Å². The molecule has 0 amide bonds. The van der Waals surface area contributed by atoms with Gasteiger partial charge >= 0.3 is 0 Å². The summed E-state index contributed by atoms with van der Waals surface area (Å²) in [4.78, 5) is 0. The van der Waals surface area contributed by atoms with Crippen molar-refractivity contribution in [3.05, 3.63) is 35.4 Å². The van der Waals surface area contributed by atoms with E-state index in [4.69, 9.17) is 9.47 Å². The molecule has 20 heavy (non-hydrogen) atoms. The minimum absolute atomic E-state index is 0.0741. The molecule has 1 aromatic rings. The molecule has 0 aromatic heterocycles. The lowest BCUT2D eigenvalue weighted by Crippen LogP contribution is -2.22. The molecule has 0 N–H and O–H groups in total. The standard InChI is InChI=1S/C15H24O4S/c1-4-18-15(19-5-2)10-11-20(16,17)12-14-9-7-6-8-13(14)3/h6-9,15H,4-5,10-12H2,1-3H3. The van der Waals surface area contributed by atoms with Crippen molar-refractivity contribution in [2.24, 2.45) is 0 Å². The van der Waals surface area contributed by atoms with Crippen LogP contribution in [0.25, 0.3) is 0 Å². The van der Waals surface area contributed by atoms with Crippen molar-refractivity contribution in [2.45, 2.75) is 39.2 Å². The van der Waals surface area contributed by atoms with E-state index in [-0.39, 0.29) is 11.5 Å². The minimum atomic E-state index is -3.15. The van der Waals surface area contributed by atoms with E-state index < -0.39 is 16.1 Å². The summed E-state index contributed by atoms with van der Waals surface area (Å²) in [6, 6.07) is 7.55. The van der Waals surface area contributed by atoms with Crippen molar-refractivity contribution >= 4 is 9.84 Å². The summed E-state index contributed by atoms with van der Waals surface area (Å²) in [6.07, 6.45) is -0.0627. The predicted octanol–water partition coefficient (Wildman–Crippen LogP) is 2.70. The summed E-state index contributed by atoms with van der Waals surface area (Å²) < 4.78 is 35.0. The molecule has 0 atom stereocenters. The molecule has 1 rings (SSSR count). The van der Waals surface area contributed by atoms with E-state index in [9.17, 15) is 8.42 Å². The first kappa shape index (κ1) is 17.1. The van der Waals surface area contributed by atoms with Crippen molar-refractivity contribution < 1.29 is 17.9 Å². The lowest BCUT2D eigenvalue weighted by atomic mass is 10.1. The summed E-state index contributed by atoms with van der Waals surface area (Å²) >= 11 is 0. The summed E-state index contributed by atoms with van der Waals surface area (Å²) in [6.45, 7) is 6.70. The van der Waals surface area contributed by atoms with Crippen molar-refractivity contribution in [1.82, 2.24) is 0 Å². The van der Waals surface area contributed by atoms with Crippen molar-refractivity contribution in [1.29, 1.82) is 0 Å². The molecule has 1 aromatic carbocycles. The first-order valence-corrected chi connectivity index (χ1v) is 8.78. The molecule has 0 bridgehead atoms. The fraction of sp³-hybridized carbons (Fsp3) is 0.600. The molecule has 0 aliphatic heterocycles. The summed E-state index contributed by atoms with van der Waals surface area (Å²) in [5.74, 6) is 0.149. The van der Waals surface area contributed by atoms with Gasteiger partial charge in [-0.1, -0.05) is 24.3 Å². The molecule has 4 nitrogen and oxygen atoms in total. The van der Waals surface area contributed by atoms with Gasteiger partial charge in [0.15, 0.2) is 16.1 Å². The first-order chi connectivity index (χ1) is 9.48. The Balaban J connectivity index is 2.59. The highest BCUT2D eigenvalue weighted by Gasteiger charge is 2.17. The third kappa shape index (κ3) is 6.03. The van der Waals surface area contributed by atoms with Gasteiger partial charge in [0.2, 0.25) is 0 Å². The van der Waals surface area contributed by atoms with Crippen LogP contribution >= 0.6 is 0 Å². The molecular weight excluding hydrogens is 276 g/mol. The maximum atomic E-state index is 12.2. The zero-order chi connectivity index (χ0) is 15.0. The van der Waals surface area contributed by atoms with Crippen LogP contribution in [0.4, 0.5) is 0 Å². The molecule has 0 saturated carbocycles. The second-order valence-electron chi connectivity index (χ2n) is 4.65. The third-order valence-corrected chi connectivity index (χ3v) is 4.61. The van der Waals surface area contributed by atoms with Crippen LogP contribution in [-0.4, -0.2) is 33.7 Å². The number of aryl methyl sites for hydroxylation is 1. The molecule has 0 unspecified atom stereocenters. The highest BCUT2D eigenvalue weighted by molar-refractivity contribution is 7.90. The fourth-order valence-corrected chi connectivity index (χ4v) is 3.44. The Bertz CT molecular complexity index is 490. The van der Waals surface area contributed by atoms with E-state index >= 15 is 0 Å². The predicted molar refractivity (Wildman–Crippen MR) is 80.3 cm³/mol. The van der Waals surface area contributed by atoms with E-state index in [1.54, 1.807) is 0 Å². The van der Waals surface area contributed by atoms with E-state index in [0.29, 0.717) is 19.6 Å². The molecule has 0 heterocycles. The maximum Gasteiger partial charge on any atom is 0.158 e. The van der Waals surface area contributed by atoms with E-state index in [1.807, 2.05) is 45.0 Å². The molecule has 0 aliphatic rings. The SMILES string of the molecule is CCOC(CCS(=O)(=O)Cc1ccccc1C)OCC. The zero-order valence-electron chi connectivity index (χ0n) is 12.5. The highest BCUT2D eigenvalue weighted by atomic mass is 32.2. The Morgan fingerprint density at radius 3 is 2.25 bits per heavy atom. The lowest BCUT2D eigenvalue weighted by molar-refractivity contribution is -0.136. The van der Waals surface area contributed by atoms with Crippen LogP contribution in [0.15, 0.2) is 24.3 Å². The smallest absolute Gasteiger partial charge is 0.158 e. The van der Waals surface area contributed by atoms with Crippen molar-refractivity contribution in [2.75, 3.05) is 19.0 Å². The molecule has 114 valence electrons. The van der Waals surface area contributed by atoms with Crippen molar-refractivity contribution in [3.8, 4) is 0 Å². The Hall–Kier alpha value is -0.910. The number of hydrogen-bond donors (Lipinski definition) is 0. The van der Waals surface area contributed by atoms with Crippen LogP contribution in [-0.2, 0) is 25.1 Å². The number of ether oxygens (including phenoxy) is 2. The van der Waals surface area contributed by atoms with Gasteiger partial charge in [-0.05, 0) is 31.9 Å². The summed E-state index contributed by atoms with van der Waals surface area (Å²) in [7, 11) is -3.15. The summed E-state index contributed by atoms with van der Waals surface area (Å²) in [5, 5.41) is 0. The molecule has 0 spiro atoms. The Morgan fingerprint density at radius 1 is 1.10 bits per heavy atom. The van der Waals surface area contributed by atoms with Gasteiger partial charge < -0.3 is 9.47 Å². The van der Waals surface area contributed by atoms with Gasteiger partial charge in [-0.15, -0.1) is 0 Å². The number of benzene rings is 1. The molecule has 0 aliphatic carbocycles. The number of hydrogen-bond acceptors (Lipinski definition) is 4. The molecule has 0 saturated heterocycles. The molecular formula is C15H24O4S. The van der Waals surface area contributed by atoms with Gasteiger partial charge in [0, 0.05) is 19.6 Å². The second-order valence-corrected chi connectivity index (χ2v) is 6.83. The van der Waals surface area contributed by atoms with Crippen molar-refractivity contribution in [3.63, 3.8) is 0 Å². The quantitative estimate of drug-likeness (QED) is 0.658. The second kappa shape index (κ2) is 8.39. The minimum Gasteiger partial charge on any atom is -0.353 e. The van der Waals surface area contributed by atoms with Gasteiger partial charge in [-0.3, -0.25) is 0 Å². The third-order valence-electron chi connectivity index (χ3n) is 3.01. The van der Waals surface area contributed by atoms with Crippen LogP contribution in [0.2, 0.25) is 0 Å². The van der Waals surface area contributed by atoms with Crippen LogP contribution in [0, 0.1) is 6.92 Å². The van der Waals surface area contributed by atoms with Gasteiger partial charge in [-0.2, -0.15) is 0 Å². The van der Waals surface area contributed by atoms with Crippen LogP contribution in [0.3, 0.4) is 0 Å². The lowest BCUT2D eigenvalue weighted by Gasteiger charge is -2.16. The molecule has 0 fully saturated rings. The monoisotopic (exact) mass is 300 g/mol. The Morgan fingerprint density at radius 2 is 1.70 bits per heavy atom. The van der Waals surface area contributed by atoms with Gasteiger partial charge in [0.25, 0.3) is 0 Å². The largest absolute Gasteiger partial charge is 0.353 e. The fourth-order valence-electron chi connectivity index (χ4n) is 1.94. The van der Waals surface area contributed by atoms with E-state index in [2.05, 4.69) is 0 Å². The first-order valence-electron chi connectivity index (χ1n) is 6.96. The average Bonchev–Trinajstić information content (AvgIpc) is 2.39. The van der Waals surface area contributed by atoms with Gasteiger partial charge in [-0.25, -0.2) is 8.42 Å². The topological polar surface area (TPSA) is 52.6 Å². The van der Waals surface area contributed by atoms with Gasteiger partial charge in [0.1, 0.15) is 0 Å². The maximum absolute atomic E-state index is 12.2. The Kier molecular flexibility index (Phi) is 7.19. The number of sulfone groups is 1. The molecule has 5 heteroatoms. The van der Waals surface area contributed by atoms with Crippen LogP contribution in [0.1, 0.15) is 31.4 Å². The van der Waals surface area contributed by atoms with Crippen LogP contribution in [0.5, 0.6) is 0 Å². The van der Waals surface area contributed by atoms with E-state index in [1.165, 1.54) is 0 Å². The highest BCUT2D eigenvalue weighted by Crippen LogP contribution is 2.13. The normalized spacial score (nSPS) is 12.0. The van der Waals surface area contributed by atoms with Crippen LogP contribution < -0.4 is 0 Å². The summed E-state index contributed by atoms with van der Waals surface area (Å²) in [5.41, 5.74) is 1.86. The Labute approximate surface area is 122 Å². The molecule has 0 radical (unpaired) electrons. The average molecular weight is 300 g/mol. The number of rotatable bonds is 9. The van der Waals surface area contributed by atoms with Gasteiger partial charge in [0.05, 0.1) is 11.5 Å².